The second kappa shape index (κ2) is 5.87. The van der Waals surface area contributed by atoms with E-state index in [4.69, 9.17) is 28.2 Å². The number of hydrogen-bond donors (Lipinski definition) is 3. The molecule has 0 aromatic rings. The van der Waals surface area contributed by atoms with E-state index in [-0.39, 0.29) is 5.88 Å². The van der Waals surface area contributed by atoms with Crippen molar-refractivity contribution in [1.29, 1.82) is 0 Å². The Labute approximate surface area is 79.8 Å². The molecular weight excluding hydrogens is 200 g/mol. The summed E-state index contributed by atoms with van der Waals surface area (Å²) in [7, 11) is 0. The standard InChI is InChI=1S/C6H11ClN2O4/c7-1-3(8)5(11)13-6(12)4(9)2-10/h3-4,10H,1-2,8-9H2/t3-,4-/m0/s1. The van der Waals surface area contributed by atoms with Gasteiger partial charge in [0.25, 0.3) is 0 Å². The molecule has 0 saturated heterocycles. The average molecular weight is 211 g/mol. The molecule has 0 spiro atoms. The van der Waals surface area contributed by atoms with Crippen molar-refractivity contribution in [2.45, 2.75) is 12.1 Å². The number of nitrogens with two attached hydrogens (primary N) is 2. The van der Waals surface area contributed by atoms with Crippen molar-refractivity contribution in [3.8, 4) is 0 Å². The van der Waals surface area contributed by atoms with E-state index < -0.39 is 30.6 Å². The normalized spacial score (nSPS) is 14.8. The van der Waals surface area contributed by atoms with Crippen LogP contribution in [0.2, 0.25) is 0 Å². The molecule has 0 fully saturated rings. The van der Waals surface area contributed by atoms with Gasteiger partial charge in [0.05, 0.1) is 6.61 Å². The number of carbonyl (C=O) groups is 2. The third-order valence-electron chi connectivity index (χ3n) is 1.17. The first-order valence-corrected chi connectivity index (χ1v) is 4.00. The zero-order chi connectivity index (χ0) is 10.4. The highest BCUT2D eigenvalue weighted by Gasteiger charge is 2.21. The maximum atomic E-state index is 10.8. The number of ether oxygens (including phenoxy) is 1. The van der Waals surface area contributed by atoms with E-state index in [2.05, 4.69) is 4.74 Å². The molecule has 0 aromatic heterocycles. The second-order valence-electron chi connectivity index (χ2n) is 2.29. The van der Waals surface area contributed by atoms with E-state index in [0.717, 1.165) is 0 Å². The zero-order valence-corrected chi connectivity index (χ0v) is 7.53. The van der Waals surface area contributed by atoms with Crippen LogP contribution in [0.3, 0.4) is 0 Å². The van der Waals surface area contributed by atoms with E-state index in [1.807, 2.05) is 0 Å². The van der Waals surface area contributed by atoms with Crippen molar-refractivity contribution >= 4 is 23.5 Å². The highest BCUT2D eigenvalue weighted by molar-refractivity contribution is 6.19. The quantitative estimate of drug-likeness (QED) is 0.279. The Hall–Kier alpha value is -0.690. The first-order chi connectivity index (χ1) is 6.02. The van der Waals surface area contributed by atoms with Crippen molar-refractivity contribution in [1.82, 2.24) is 0 Å². The van der Waals surface area contributed by atoms with Gasteiger partial charge in [-0.25, -0.2) is 9.59 Å². The summed E-state index contributed by atoms with van der Waals surface area (Å²) in [6.45, 7) is -0.595. The molecule has 0 saturated carbocycles. The summed E-state index contributed by atoms with van der Waals surface area (Å²) in [6.07, 6.45) is 0. The van der Waals surface area contributed by atoms with Crippen molar-refractivity contribution in [2.75, 3.05) is 12.5 Å². The van der Waals surface area contributed by atoms with E-state index in [1.165, 1.54) is 0 Å². The molecule has 6 nitrogen and oxygen atoms in total. The summed E-state index contributed by atoms with van der Waals surface area (Å²) >= 11 is 5.23. The van der Waals surface area contributed by atoms with Gasteiger partial charge < -0.3 is 21.3 Å². The highest BCUT2D eigenvalue weighted by atomic mass is 35.5. The molecule has 5 N–H and O–H groups in total. The monoisotopic (exact) mass is 210 g/mol. The molecule has 2 atom stereocenters. The second-order valence-corrected chi connectivity index (χ2v) is 2.60. The Morgan fingerprint density at radius 1 is 1.31 bits per heavy atom. The zero-order valence-electron chi connectivity index (χ0n) is 6.77. The fourth-order valence-corrected chi connectivity index (χ4v) is 0.514. The largest absolute Gasteiger partial charge is 0.394 e. The van der Waals surface area contributed by atoms with Gasteiger partial charge in [-0.1, -0.05) is 0 Å². The average Bonchev–Trinajstić information content (AvgIpc) is 2.14. The molecule has 0 aliphatic heterocycles. The van der Waals surface area contributed by atoms with E-state index in [1.54, 1.807) is 0 Å². The lowest BCUT2D eigenvalue weighted by Gasteiger charge is -2.09. The molecule has 0 radical (unpaired) electrons. The lowest BCUT2D eigenvalue weighted by atomic mass is 10.3. The van der Waals surface area contributed by atoms with Gasteiger partial charge in [0, 0.05) is 5.88 Å². The van der Waals surface area contributed by atoms with Gasteiger partial charge >= 0.3 is 11.9 Å². The van der Waals surface area contributed by atoms with Crippen molar-refractivity contribution in [3.63, 3.8) is 0 Å². The van der Waals surface area contributed by atoms with Crippen LogP contribution in [-0.2, 0) is 14.3 Å². The fraction of sp³-hybridized carbons (Fsp3) is 0.667. The Balaban J connectivity index is 3.99. The van der Waals surface area contributed by atoms with Crippen LogP contribution in [0, 0.1) is 0 Å². The van der Waals surface area contributed by atoms with Crippen LogP contribution in [0.1, 0.15) is 0 Å². The maximum absolute atomic E-state index is 10.8. The Morgan fingerprint density at radius 2 is 1.77 bits per heavy atom. The van der Waals surface area contributed by atoms with Gasteiger partial charge in [-0.2, -0.15) is 0 Å². The van der Waals surface area contributed by atoms with Crippen LogP contribution in [0.5, 0.6) is 0 Å². The summed E-state index contributed by atoms with van der Waals surface area (Å²) in [4.78, 5) is 21.6. The van der Waals surface area contributed by atoms with Gasteiger partial charge in [0.2, 0.25) is 0 Å². The molecule has 0 heterocycles. The summed E-state index contributed by atoms with van der Waals surface area (Å²) in [6, 6.07) is -2.29. The lowest BCUT2D eigenvalue weighted by molar-refractivity contribution is -0.161. The molecule has 0 bridgehead atoms. The third kappa shape index (κ3) is 4.18. The van der Waals surface area contributed by atoms with Crippen LogP contribution in [0.15, 0.2) is 0 Å². The van der Waals surface area contributed by atoms with Crippen LogP contribution >= 0.6 is 11.6 Å². The first-order valence-electron chi connectivity index (χ1n) is 3.46. The number of carbonyl (C=O) groups excluding carboxylic acids is 2. The SMILES string of the molecule is N[C@@H](CO)C(=O)OC(=O)[C@@H](N)CCl. The molecular formula is C6H11ClN2O4. The van der Waals surface area contributed by atoms with Gasteiger partial charge in [0.15, 0.2) is 0 Å². The van der Waals surface area contributed by atoms with E-state index >= 15 is 0 Å². The smallest absolute Gasteiger partial charge is 0.332 e. The van der Waals surface area contributed by atoms with Gasteiger partial charge in [0.1, 0.15) is 12.1 Å². The van der Waals surface area contributed by atoms with E-state index in [9.17, 15) is 9.59 Å². The summed E-state index contributed by atoms with van der Waals surface area (Å²) in [5.74, 6) is -2.13. The highest BCUT2D eigenvalue weighted by Crippen LogP contribution is 1.92. The molecule has 0 aromatic carbocycles. The van der Waals surface area contributed by atoms with Crippen molar-refractivity contribution in [2.24, 2.45) is 11.5 Å². The molecule has 76 valence electrons. The number of rotatable bonds is 4. The Kier molecular flexibility index (Phi) is 5.56. The Morgan fingerprint density at radius 3 is 2.15 bits per heavy atom. The molecule has 0 unspecified atom stereocenters. The fourth-order valence-electron chi connectivity index (χ4n) is 0.388. The number of alkyl halides is 1. The predicted molar refractivity (Wildman–Crippen MR) is 44.9 cm³/mol. The summed E-state index contributed by atoms with van der Waals surface area (Å²) < 4.78 is 4.18. The molecule has 13 heavy (non-hydrogen) atoms. The summed E-state index contributed by atoms with van der Waals surface area (Å²) in [5, 5.41) is 8.42. The van der Waals surface area contributed by atoms with Gasteiger partial charge in [-0.05, 0) is 0 Å². The molecule has 0 rings (SSSR count). The minimum Gasteiger partial charge on any atom is -0.394 e. The number of esters is 2. The Bertz CT molecular complexity index is 179. The van der Waals surface area contributed by atoms with E-state index in [0.29, 0.717) is 0 Å². The third-order valence-corrected chi connectivity index (χ3v) is 1.50. The topological polar surface area (TPSA) is 116 Å². The summed E-state index contributed by atoms with van der Waals surface area (Å²) in [5.41, 5.74) is 10.2. The number of halogens is 1. The van der Waals surface area contributed by atoms with Crippen LogP contribution in [-0.4, -0.2) is 41.6 Å². The molecule has 0 amide bonds. The number of aliphatic hydroxyl groups excluding tert-OH is 1. The predicted octanol–water partition coefficient (Wildman–Crippen LogP) is -2.06. The first kappa shape index (κ1) is 12.3. The number of aliphatic hydroxyl groups is 1. The van der Waals surface area contributed by atoms with Crippen molar-refractivity contribution < 1.29 is 19.4 Å². The lowest BCUT2D eigenvalue weighted by Crippen LogP contribution is -2.41. The van der Waals surface area contributed by atoms with Crippen LogP contribution < -0.4 is 11.5 Å². The van der Waals surface area contributed by atoms with Crippen LogP contribution in [0.25, 0.3) is 0 Å². The maximum Gasteiger partial charge on any atom is 0.332 e. The van der Waals surface area contributed by atoms with Crippen LogP contribution in [0.4, 0.5) is 0 Å². The van der Waals surface area contributed by atoms with Gasteiger partial charge in [-0.15, -0.1) is 11.6 Å². The molecule has 0 aliphatic rings. The number of hydrogen-bond acceptors (Lipinski definition) is 6. The minimum atomic E-state index is -1.23. The molecule has 7 heteroatoms. The molecule has 0 aliphatic carbocycles. The van der Waals surface area contributed by atoms with Crippen molar-refractivity contribution in [3.05, 3.63) is 0 Å². The van der Waals surface area contributed by atoms with Gasteiger partial charge in [-0.3, -0.25) is 0 Å². The minimum absolute atomic E-state index is 0.152.